The number of Topliss-reactive ketones (excluding diaryl/α,β-unsaturated/α-hetero) is 1. The van der Waals surface area contributed by atoms with Crippen molar-refractivity contribution in [2.45, 2.75) is 6.92 Å². The number of hydrogen-bond donors (Lipinski definition) is 1. The van der Waals surface area contributed by atoms with Crippen LogP contribution in [0.1, 0.15) is 17.3 Å². The average Bonchev–Trinajstić information content (AvgIpc) is 2.72. The van der Waals surface area contributed by atoms with Gasteiger partial charge in [0.05, 0.1) is 6.54 Å². The molecule has 0 amide bonds. The summed E-state index contributed by atoms with van der Waals surface area (Å²) in [4.78, 5) is 15.7. The second-order valence-corrected chi connectivity index (χ2v) is 3.24. The minimum atomic E-state index is 0.0711. The molecule has 4 nitrogen and oxygen atoms in total. The highest BCUT2D eigenvalue weighted by atomic mass is 16.3. The summed E-state index contributed by atoms with van der Waals surface area (Å²) in [6.07, 6.45) is 1.38. The van der Waals surface area contributed by atoms with Gasteiger partial charge >= 0.3 is 0 Å². The molecule has 0 saturated heterocycles. The minimum absolute atomic E-state index is 0.0711. The van der Waals surface area contributed by atoms with E-state index in [-0.39, 0.29) is 5.78 Å². The third kappa shape index (κ3) is 2.05. The van der Waals surface area contributed by atoms with Crippen LogP contribution in [-0.2, 0) is 0 Å². The number of benzene rings is 1. The molecular weight excluding hydrogens is 192 g/mol. The zero-order valence-corrected chi connectivity index (χ0v) is 8.49. The van der Waals surface area contributed by atoms with Gasteiger partial charge in [-0.15, -0.1) is 0 Å². The minimum Gasteiger partial charge on any atom is -0.443 e. The topological polar surface area (TPSA) is 55.1 Å². The molecule has 0 aliphatic heterocycles. The molecule has 78 valence electrons. The van der Waals surface area contributed by atoms with Crippen LogP contribution in [0.15, 0.2) is 29.0 Å². The molecule has 0 aliphatic rings. The van der Waals surface area contributed by atoms with Crippen LogP contribution in [0.5, 0.6) is 0 Å². The number of hydrogen-bond acceptors (Lipinski definition) is 4. The van der Waals surface area contributed by atoms with E-state index >= 15 is 0 Å². The average molecular weight is 204 g/mol. The fourth-order valence-electron chi connectivity index (χ4n) is 1.37. The summed E-state index contributed by atoms with van der Waals surface area (Å²) in [5, 5.41) is 3.00. The highest BCUT2D eigenvalue weighted by molar-refractivity contribution is 5.99. The highest BCUT2D eigenvalue weighted by Gasteiger charge is 2.07. The van der Waals surface area contributed by atoms with Gasteiger partial charge in [-0.3, -0.25) is 4.79 Å². The van der Waals surface area contributed by atoms with Crippen molar-refractivity contribution in [3.05, 3.63) is 30.2 Å². The maximum Gasteiger partial charge on any atom is 0.181 e. The Morgan fingerprint density at radius 3 is 3.20 bits per heavy atom. The molecule has 0 spiro atoms. The standard InChI is InChI=1S/C11H12N2O2/c1-2-12-6-10(14)8-3-4-11-9(5-8)13-7-15-11/h3-5,7,12H,2,6H2,1H3. The lowest BCUT2D eigenvalue weighted by atomic mass is 10.1. The smallest absolute Gasteiger partial charge is 0.181 e. The van der Waals surface area contributed by atoms with Gasteiger partial charge in [-0.05, 0) is 24.7 Å². The van der Waals surface area contributed by atoms with E-state index in [1.165, 1.54) is 6.39 Å². The second kappa shape index (κ2) is 4.23. The van der Waals surface area contributed by atoms with Crippen molar-refractivity contribution in [3.8, 4) is 0 Å². The zero-order chi connectivity index (χ0) is 10.7. The van der Waals surface area contributed by atoms with Gasteiger partial charge in [0.15, 0.2) is 17.8 Å². The van der Waals surface area contributed by atoms with E-state index < -0.39 is 0 Å². The number of carbonyl (C=O) groups excluding carboxylic acids is 1. The van der Waals surface area contributed by atoms with Gasteiger partial charge in [-0.2, -0.15) is 0 Å². The maximum absolute atomic E-state index is 11.6. The first kappa shape index (κ1) is 9.86. The lowest BCUT2D eigenvalue weighted by Gasteiger charge is -2.00. The Balaban J connectivity index is 2.23. The van der Waals surface area contributed by atoms with E-state index in [4.69, 9.17) is 4.42 Å². The monoisotopic (exact) mass is 204 g/mol. The number of rotatable bonds is 4. The number of fused-ring (bicyclic) bond motifs is 1. The van der Waals surface area contributed by atoms with Crippen molar-refractivity contribution >= 4 is 16.9 Å². The van der Waals surface area contributed by atoms with Crippen LogP contribution in [0.2, 0.25) is 0 Å². The molecular formula is C11H12N2O2. The van der Waals surface area contributed by atoms with E-state index in [1.54, 1.807) is 18.2 Å². The molecule has 2 aromatic rings. The number of nitrogens with zero attached hydrogens (tertiary/aromatic N) is 1. The van der Waals surface area contributed by atoms with Crippen LogP contribution < -0.4 is 5.32 Å². The molecule has 0 unspecified atom stereocenters. The van der Waals surface area contributed by atoms with Crippen LogP contribution in [0.25, 0.3) is 11.1 Å². The highest BCUT2D eigenvalue weighted by Crippen LogP contribution is 2.14. The number of carbonyl (C=O) groups is 1. The summed E-state index contributed by atoms with van der Waals surface area (Å²) >= 11 is 0. The third-order valence-electron chi connectivity index (χ3n) is 2.19. The van der Waals surface area contributed by atoms with Gasteiger partial charge in [0.25, 0.3) is 0 Å². The lowest BCUT2D eigenvalue weighted by Crippen LogP contribution is -2.22. The Labute approximate surface area is 87.3 Å². The van der Waals surface area contributed by atoms with Crippen molar-refractivity contribution in [3.63, 3.8) is 0 Å². The predicted octanol–water partition coefficient (Wildman–Crippen LogP) is 1.62. The number of likely N-dealkylation sites (N-methyl/N-ethyl adjacent to an activating group) is 1. The number of ketones is 1. The molecule has 4 heteroatoms. The summed E-state index contributed by atoms with van der Waals surface area (Å²) in [6, 6.07) is 5.27. The van der Waals surface area contributed by atoms with Crippen molar-refractivity contribution in [2.24, 2.45) is 0 Å². The van der Waals surface area contributed by atoms with Crippen molar-refractivity contribution in [1.82, 2.24) is 10.3 Å². The quantitative estimate of drug-likeness (QED) is 0.769. The Morgan fingerprint density at radius 2 is 2.40 bits per heavy atom. The summed E-state index contributed by atoms with van der Waals surface area (Å²) in [5.41, 5.74) is 2.09. The van der Waals surface area contributed by atoms with E-state index in [9.17, 15) is 4.79 Å². The fourth-order valence-corrected chi connectivity index (χ4v) is 1.37. The van der Waals surface area contributed by atoms with Gasteiger partial charge < -0.3 is 9.73 Å². The van der Waals surface area contributed by atoms with Gasteiger partial charge in [-0.1, -0.05) is 6.92 Å². The molecule has 0 aliphatic carbocycles. The van der Waals surface area contributed by atoms with Gasteiger partial charge in [-0.25, -0.2) is 4.98 Å². The summed E-state index contributed by atoms with van der Waals surface area (Å²) in [7, 11) is 0. The van der Waals surface area contributed by atoms with Gasteiger partial charge in [0.1, 0.15) is 5.52 Å². The number of aromatic nitrogens is 1. The van der Waals surface area contributed by atoms with Gasteiger partial charge in [0, 0.05) is 5.56 Å². The molecule has 2 rings (SSSR count). The molecule has 0 radical (unpaired) electrons. The maximum atomic E-state index is 11.6. The van der Waals surface area contributed by atoms with Crippen LogP contribution in [0.4, 0.5) is 0 Å². The molecule has 0 atom stereocenters. The Hall–Kier alpha value is -1.68. The van der Waals surface area contributed by atoms with E-state index in [0.717, 1.165) is 12.1 Å². The summed E-state index contributed by atoms with van der Waals surface area (Å²) < 4.78 is 5.10. The van der Waals surface area contributed by atoms with Crippen molar-refractivity contribution in [2.75, 3.05) is 13.1 Å². The molecule has 1 aromatic heterocycles. The molecule has 1 aromatic carbocycles. The van der Waals surface area contributed by atoms with E-state index in [0.29, 0.717) is 17.7 Å². The first-order chi connectivity index (χ1) is 7.31. The van der Waals surface area contributed by atoms with Crippen LogP contribution in [0.3, 0.4) is 0 Å². The fraction of sp³-hybridized carbons (Fsp3) is 0.273. The molecule has 15 heavy (non-hydrogen) atoms. The molecule has 0 bridgehead atoms. The summed E-state index contributed by atoms with van der Waals surface area (Å²) in [6.45, 7) is 3.12. The first-order valence-electron chi connectivity index (χ1n) is 4.88. The molecule has 0 fully saturated rings. The predicted molar refractivity (Wildman–Crippen MR) is 56.9 cm³/mol. The van der Waals surface area contributed by atoms with Crippen LogP contribution in [-0.4, -0.2) is 23.9 Å². The second-order valence-electron chi connectivity index (χ2n) is 3.24. The van der Waals surface area contributed by atoms with Gasteiger partial charge in [0.2, 0.25) is 0 Å². The Bertz CT molecular complexity index is 476. The lowest BCUT2D eigenvalue weighted by molar-refractivity contribution is 0.0992. The molecule has 1 N–H and O–H groups in total. The normalized spacial score (nSPS) is 10.7. The summed E-state index contributed by atoms with van der Waals surface area (Å²) in [5.74, 6) is 0.0711. The van der Waals surface area contributed by atoms with E-state index in [1.807, 2.05) is 6.92 Å². The van der Waals surface area contributed by atoms with Crippen molar-refractivity contribution in [1.29, 1.82) is 0 Å². The van der Waals surface area contributed by atoms with E-state index in [2.05, 4.69) is 10.3 Å². The molecule has 0 saturated carbocycles. The van der Waals surface area contributed by atoms with Crippen LogP contribution >= 0.6 is 0 Å². The number of nitrogens with one attached hydrogen (secondary N) is 1. The first-order valence-corrected chi connectivity index (χ1v) is 4.88. The zero-order valence-electron chi connectivity index (χ0n) is 8.49. The third-order valence-corrected chi connectivity index (χ3v) is 2.19. The molecule has 1 heterocycles. The van der Waals surface area contributed by atoms with Crippen LogP contribution in [0, 0.1) is 0 Å². The Kier molecular flexibility index (Phi) is 2.78. The van der Waals surface area contributed by atoms with Crippen molar-refractivity contribution < 1.29 is 9.21 Å². The number of oxazole rings is 1. The largest absolute Gasteiger partial charge is 0.443 e. The SMILES string of the molecule is CCNCC(=O)c1ccc2ocnc2c1. The Morgan fingerprint density at radius 1 is 1.53 bits per heavy atom.